The van der Waals surface area contributed by atoms with Crippen molar-refractivity contribution < 1.29 is 14.3 Å². The number of ether oxygens (including phenoxy) is 1. The first-order chi connectivity index (χ1) is 9.54. The minimum absolute atomic E-state index is 0.0552. The maximum absolute atomic E-state index is 12.4. The highest BCUT2D eigenvalue weighted by Gasteiger charge is 2.22. The largest absolute Gasteiger partial charge is 0.482 e. The Morgan fingerprint density at radius 2 is 2.20 bits per heavy atom. The van der Waals surface area contributed by atoms with Gasteiger partial charge >= 0.3 is 0 Å². The molecule has 1 aromatic heterocycles. The van der Waals surface area contributed by atoms with Gasteiger partial charge in [-0.05, 0) is 31.2 Å². The van der Waals surface area contributed by atoms with E-state index < -0.39 is 0 Å². The van der Waals surface area contributed by atoms with Crippen molar-refractivity contribution in [1.29, 1.82) is 0 Å². The van der Waals surface area contributed by atoms with E-state index >= 15 is 0 Å². The molecule has 6 heteroatoms. The molecule has 0 bridgehead atoms. The van der Waals surface area contributed by atoms with Crippen molar-refractivity contribution in [2.45, 2.75) is 6.92 Å². The number of anilines is 1. The SMILES string of the molecule is Cc1ccc(C(=O)c2cc3c(cc2Cl)NC(=O)CO3)s1. The summed E-state index contributed by atoms with van der Waals surface area (Å²) in [6, 6.07) is 6.79. The van der Waals surface area contributed by atoms with Crippen LogP contribution in [0.25, 0.3) is 0 Å². The Balaban J connectivity index is 2.02. The van der Waals surface area contributed by atoms with Crippen LogP contribution < -0.4 is 10.1 Å². The van der Waals surface area contributed by atoms with Gasteiger partial charge in [-0.15, -0.1) is 11.3 Å². The number of nitrogens with one attached hydrogen (secondary N) is 1. The molecule has 4 nitrogen and oxygen atoms in total. The monoisotopic (exact) mass is 307 g/mol. The molecular weight excluding hydrogens is 298 g/mol. The van der Waals surface area contributed by atoms with E-state index in [4.69, 9.17) is 16.3 Å². The third kappa shape index (κ3) is 2.30. The van der Waals surface area contributed by atoms with Crippen LogP contribution in [-0.4, -0.2) is 18.3 Å². The lowest BCUT2D eigenvalue weighted by molar-refractivity contribution is -0.118. The summed E-state index contributed by atoms with van der Waals surface area (Å²) >= 11 is 7.56. The quantitative estimate of drug-likeness (QED) is 0.866. The highest BCUT2D eigenvalue weighted by atomic mass is 35.5. The molecule has 0 saturated heterocycles. The molecule has 0 saturated carbocycles. The number of rotatable bonds is 2. The molecule has 0 atom stereocenters. The van der Waals surface area contributed by atoms with Crippen molar-refractivity contribution >= 4 is 40.3 Å². The van der Waals surface area contributed by atoms with Crippen molar-refractivity contribution in [2.24, 2.45) is 0 Å². The fraction of sp³-hybridized carbons (Fsp3) is 0.143. The van der Waals surface area contributed by atoms with Gasteiger partial charge < -0.3 is 10.1 Å². The maximum Gasteiger partial charge on any atom is 0.262 e. The number of benzene rings is 1. The van der Waals surface area contributed by atoms with Gasteiger partial charge in [0.1, 0.15) is 5.75 Å². The Morgan fingerprint density at radius 3 is 2.90 bits per heavy atom. The molecule has 0 fully saturated rings. The van der Waals surface area contributed by atoms with Crippen LogP contribution in [0, 0.1) is 6.92 Å². The number of thiophene rings is 1. The number of ketones is 1. The second kappa shape index (κ2) is 4.92. The molecule has 3 rings (SSSR count). The molecule has 102 valence electrons. The van der Waals surface area contributed by atoms with Crippen LogP contribution in [-0.2, 0) is 4.79 Å². The van der Waals surface area contributed by atoms with E-state index in [-0.39, 0.29) is 18.3 Å². The van der Waals surface area contributed by atoms with Crippen LogP contribution >= 0.6 is 22.9 Å². The molecule has 1 aliphatic rings. The summed E-state index contributed by atoms with van der Waals surface area (Å²) in [5.74, 6) is 0.0866. The first-order valence-electron chi connectivity index (χ1n) is 5.92. The van der Waals surface area contributed by atoms with Crippen LogP contribution in [0.4, 0.5) is 5.69 Å². The van der Waals surface area contributed by atoms with Crippen LogP contribution in [0.3, 0.4) is 0 Å². The zero-order valence-corrected chi connectivity index (χ0v) is 12.1. The van der Waals surface area contributed by atoms with E-state index in [1.54, 1.807) is 18.2 Å². The predicted octanol–water partition coefficient (Wildman–Crippen LogP) is 3.27. The Hall–Kier alpha value is -1.85. The predicted molar refractivity (Wildman–Crippen MR) is 78.1 cm³/mol. The summed E-state index contributed by atoms with van der Waals surface area (Å²) in [4.78, 5) is 25.3. The Morgan fingerprint density at radius 1 is 1.40 bits per heavy atom. The third-order valence-electron chi connectivity index (χ3n) is 2.91. The highest BCUT2D eigenvalue weighted by Crippen LogP contribution is 2.35. The first-order valence-corrected chi connectivity index (χ1v) is 7.11. The fourth-order valence-electron chi connectivity index (χ4n) is 1.96. The molecule has 0 aliphatic carbocycles. The smallest absolute Gasteiger partial charge is 0.262 e. The van der Waals surface area contributed by atoms with Crippen LogP contribution in [0.2, 0.25) is 5.02 Å². The summed E-state index contributed by atoms with van der Waals surface area (Å²) in [5.41, 5.74) is 0.869. The molecule has 20 heavy (non-hydrogen) atoms. The van der Waals surface area contributed by atoms with E-state index in [1.807, 2.05) is 13.0 Å². The van der Waals surface area contributed by atoms with Crippen molar-refractivity contribution in [1.82, 2.24) is 0 Å². The van der Waals surface area contributed by atoms with E-state index in [0.717, 1.165) is 4.88 Å². The van der Waals surface area contributed by atoms with Crippen LogP contribution in [0.15, 0.2) is 24.3 Å². The van der Waals surface area contributed by atoms with Crippen LogP contribution in [0.5, 0.6) is 5.75 Å². The number of carbonyl (C=O) groups is 2. The van der Waals surface area contributed by atoms with Crippen molar-refractivity contribution in [2.75, 3.05) is 11.9 Å². The molecule has 0 unspecified atom stereocenters. The molecule has 2 heterocycles. The number of hydrogen-bond donors (Lipinski definition) is 1. The molecule has 1 aliphatic heterocycles. The van der Waals surface area contributed by atoms with Gasteiger partial charge in [-0.3, -0.25) is 9.59 Å². The maximum atomic E-state index is 12.4. The van der Waals surface area contributed by atoms with Gasteiger partial charge in [0.25, 0.3) is 5.91 Å². The molecule has 1 N–H and O–H groups in total. The average Bonchev–Trinajstić information content (AvgIpc) is 2.84. The Bertz CT molecular complexity index is 723. The minimum Gasteiger partial charge on any atom is -0.482 e. The summed E-state index contributed by atoms with van der Waals surface area (Å²) in [6.45, 7) is 1.88. The average molecular weight is 308 g/mol. The second-order valence-corrected chi connectivity index (χ2v) is 6.10. The van der Waals surface area contributed by atoms with Gasteiger partial charge in [0.2, 0.25) is 5.78 Å². The molecule has 1 amide bonds. The number of aryl methyl sites for hydroxylation is 1. The lowest BCUT2D eigenvalue weighted by Crippen LogP contribution is -2.25. The van der Waals surface area contributed by atoms with Crippen molar-refractivity contribution in [3.8, 4) is 5.75 Å². The summed E-state index contributed by atoms with van der Waals surface area (Å²) in [7, 11) is 0. The summed E-state index contributed by atoms with van der Waals surface area (Å²) in [6.07, 6.45) is 0. The topological polar surface area (TPSA) is 55.4 Å². The van der Waals surface area contributed by atoms with Gasteiger partial charge in [0.05, 0.1) is 15.6 Å². The fourth-order valence-corrected chi connectivity index (χ4v) is 3.03. The normalized spacial score (nSPS) is 13.4. The molecular formula is C14H10ClNO3S. The lowest BCUT2D eigenvalue weighted by atomic mass is 10.1. The number of halogens is 1. The lowest BCUT2D eigenvalue weighted by Gasteiger charge is -2.19. The van der Waals surface area contributed by atoms with Gasteiger partial charge in [-0.1, -0.05) is 11.6 Å². The van der Waals surface area contributed by atoms with Gasteiger partial charge in [0.15, 0.2) is 6.61 Å². The highest BCUT2D eigenvalue weighted by molar-refractivity contribution is 7.14. The second-order valence-electron chi connectivity index (χ2n) is 4.40. The van der Waals surface area contributed by atoms with E-state index in [1.165, 1.54) is 11.3 Å². The summed E-state index contributed by atoms with van der Waals surface area (Å²) < 4.78 is 5.30. The van der Waals surface area contributed by atoms with Crippen molar-refractivity contribution in [3.05, 3.63) is 44.6 Å². The van der Waals surface area contributed by atoms with E-state index in [0.29, 0.717) is 26.9 Å². The van der Waals surface area contributed by atoms with Gasteiger partial charge in [0, 0.05) is 10.4 Å². The van der Waals surface area contributed by atoms with Crippen LogP contribution in [0.1, 0.15) is 20.1 Å². The number of amides is 1. The Kier molecular flexibility index (Phi) is 3.23. The first kappa shape index (κ1) is 13.1. The molecule has 0 spiro atoms. The summed E-state index contributed by atoms with van der Waals surface area (Å²) in [5, 5.41) is 2.95. The third-order valence-corrected chi connectivity index (χ3v) is 4.22. The number of carbonyl (C=O) groups excluding carboxylic acids is 2. The van der Waals surface area contributed by atoms with E-state index in [2.05, 4.69) is 5.32 Å². The molecule has 1 aromatic carbocycles. The standard InChI is InChI=1S/C14H10ClNO3S/c1-7-2-3-12(20-7)14(18)8-4-11-10(5-9(8)15)16-13(17)6-19-11/h2-5H,6H2,1H3,(H,16,17). The molecule has 2 aromatic rings. The molecule has 0 radical (unpaired) electrons. The number of hydrogen-bond acceptors (Lipinski definition) is 4. The van der Waals surface area contributed by atoms with Gasteiger partial charge in [-0.2, -0.15) is 0 Å². The Labute approximate surface area is 124 Å². The number of fused-ring (bicyclic) bond motifs is 1. The van der Waals surface area contributed by atoms with E-state index in [9.17, 15) is 9.59 Å². The van der Waals surface area contributed by atoms with Gasteiger partial charge in [-0.25, -0.2) is 0 Å². The minimum atomic E-state index is -0.235. The zero-order valence-electron chi connectivity index (χ0n) is 10.5. The van der Waals surface area contributed by atoms with Crippen molar-refractivity contribution in [3.63, 3.8) is 0 Å². The zero-order chi connectivity index (χ0) is 14.3.